The molecule has 1 amide bonds. The van der Waals surface area contributed by atoms with Crippen LogP contribution in [-0.4, -0.2) is 16.0 Å². The van der Waals surface area contributed by atoms with Gasteiger partial charge in [0.25, 0.3) is 5.91 Å². The van der Waals surface area contributed by atoms with Gasteiger partial charge in [0.05, 0.1) is 17.2 Å². The van der Waals surface area contributed by atoms with Crippen molar-refractivity contribution in [2.24, 2.45) is 0 Å². The smallest absolute Gasteiger partial charge is 0.253 e. The van der Waals surface area contributed by atoms with Crippen molar-refractivity contribution >= 4 is 28.8 Å². The highest BCUT2D eigenvalue weighted by Gasteiger charge is 2.18. The van der Waals surface area contributed by atoms with E-state index < -0.39 is 12.0 Å². The first-order valence-corrected chi connectivity index (χ1v) is 7.87. The van der Waals surface area contributed by atoms with Crippen LogP contribution in [0.25, 0.3) is 0 Å². The predicted octanol–water partition coefficient (Wildman–Crippen LogP) is 3.02. The fraction of sp³-hybridized carbons (Fsp3) is 0.333. The van der Waals surface area contributed by atoms with Gasteiger partial charge >= 0.3 is 0 Å². The zero-order chi connectivity index (χ0) is 15.4. The standard InChI is InChI=1S/C15H17ClN2O2S/c1-3-12-13(21-9(2)18-12)8-17-15(20)14(19)10-4-6-11(16)7-5-10/h4-7,14,19H,3,8H2,1-2H3,(H,17,20)/t14-/m1/s1. The molecule has 112 valence electrons. The summed E-state index contributed by atoms with van der Waals surface area (Å²) in [4.78, 5) is 17.4. The molecule has 0 fully saturated rings. The fourth-order valence-corrected chi connectivity index (χ4v) is 3.08. The van der Waals surface area contributed by atoms with Crippen LogP contribution in [0.5, 0.6) is 0 Å². The minimum absolute atomic E-state index is 0.387. The quantitative estimate of drug-likeness (QED) is 0.888. The third-order valence-electron chi connectivity index (χ3n) is 3.08. The van der Waals surface area contributed by atoms with Crippen LogP contribution in [0, 0.1) is 6.92 Å². The number of aryl methyl sites for hydroxylation is 2. The monoisotopic (exact) mass is 324 g/mol. The Kier molecular flexibility index (Phi) is 5.33. The van der Waals surface area contributed by atoms with Crippen molar-refractivity contribution in [3.63, 3.8) is 0 Å². The number of aliphatic hydroxyl groups is 1. The first-order valence-electron chi connectivity index (χ1n) is 6.67. The summed E-state index contributed by atoms with van der Waals surface area (Å²) < 4.78 is 0. The fourth-order valence-electron chi connectivity index (χ4n) is 1.99. The molecule has 0 unspecified atom stereocenters. The van der Waals surface area contributed by atoms with E-state index in [1.165, 1.54) is 0 Å². The van der Waals surface area contributed by atoms with Crippen molar-refractivity contribution < 1.29 is 9.90 Å². The van der Waals surface area contributed by atoms with Crippen LogP contribution in [0.1, 0.15) is 34.2 Å². The van der Waals surface area contributed by atoms with E-state index in [9.17, 15) is 9.90 Å². The van der Waals surface area contributed by atoms with Gasteiger partial charge in [-0.15, -0.1) is 11.3 Å². The topological polar surface area (TPSA) is 62.2 Å². The molecule has 1 aromatic carbocycles. The summed E-state index contributed by atoms with van der Waals surface area (Å²) in [6.07, 6.45) is -0.365. The molecule has 0 saturated heterocycles. The van der Waals surface area contributed by atoms with E-state index in [-0.39, 0.29) is 0 Å². The maximum absolute atomic E-state index is 12.0. The molecule has 0 saturated carbocycles. The van der Waals surface area contributed by atoms with Crippen LogP contribution >= 0.6 is 22.9 Å². The average Bonchev–Trinajstić information content (AvgIpc) is 2.85. The molecule has 2 rings (SSSR count). The lowest BCUT2D eigenvalue weighted by Crippen LogP contribution is -2.28. The number of hydrogen-bond donors (Lipinski definition) is 2. The number of benzene rings is 1. The number of nitrogens with zero attached hydrogens (tertiary/aromatic N) is 1. The number of amides is 1. The number of carbonyl (C=O) groups excluding carboxylic acids is 1. The van der Waals surface area contributed by atoms with Gasteiger partial charge in [0.2, 0.25) is 0 Å². The summed E-state index contributed by atoms with van der Waals surface area (Å²) in [5.41, 5.74) is 1.52. The van der Waals surface area contributed by atoms with Crippen LogP contribution in [0.2, 0.25) is 5.02 Å². The maximum Gasteiger partial charge on any atom is 0.253 e. The largest absolute Gasteiger partial charge is 0.378 e. The van der Waals surface area contributed by atoms with Crippen molar-refractivity contribution in [3.8, 4) is 0 Å². The lowest BCUT2D eigenvalue weighted by atomic mass is 10.1. The number of aromatic nitrogens is 1. The highest BCUT2D eigenvalue weighted by molar-refractivity contribution is 7.11. The van der Waals surface area contributed by atoms with Crippen molar-refractivity contribution in [2.45, 2.75) is 32.9 Å². The molecule has 2 aromatic rings. The highest BCUT2D eigenvalue weighted by Crippen LogP contribution is 2.20. The van der Waals surface area contributed by atoms with Gasteiger partial charge in [0.1, 0.15) is 0 Å². The molecule has 4 nitrogen and oxygen atoms in total. The average molecular weight is 325 g/mol. The molecule has 0 aliphatic rings. The SMILES string of the molecule is CCc1nc(C)sc1CNC(=O)[C@H](O)c1ccc(Cl)cc1. The number of nitrogens with one attached hydrogen (secondary N) is 1. The van der Waals surface area contributed by atoms with Gasteiger partial charge in [-0.1, -0.05) is 30.7 Å². The van der Waals surface area contributed by atoms with Gasteiger partial charge in [-0.2, -0.15) is 0 Å². The molecule has 0 bridgehead atoms. The van der Waals surface area contributed by atoms with Crippen LogP contribution in [0.15, 0.2) is 24.3 Å². The summed E-state index contributed by atoms with van der Waals surface area (Å²) in [7, 11) is 0. The minimum atomic E-state index is -1.19. The zero-order valence-corrected chi connectivity index (χ0v) is 13.5. The van der Waals surface area contributed by atoms with Crippen LogP contribution in [0.3, 0.4) is 0 Å². The number of carbonyl (C=O) groups is 1. The van der Waals surface area contributed by atoms with Crippen molar-refractivity contribution in [3.05, 3.63) is 50.4 Å². The lowest BCUT2D eigenvalue weighted by Gasteiger charge is -2.11. The van der Waals surface area contributed by atoms with E-state index in [0.717, 1.165) is 22.0 Å². The van der Waals surface area contributed by atoms with Gasteiger partial charge < -0.3 is 10.4 Å². The Balaban J connectivity index is 1.99. The Bertz CT molecular complexity index is 625. The Labute approximate surface area is 132 Å². The Hall–Kier alpha value is -1.43. The molecule has 0 spiro atoms. The van der Waals surface area contributed by atoms with Crippen LogP contribution < -0.4 is 5.32 Å². The lowest BCUT2D eigenvalue weighted by molar-refractivity contribution is -0.129. The number of aliphatic hydroxyl groups excluding tert-OH is 1. The molecule has 2 N–H and O–H groups in total. The van der Waals surface area contributed by atoms with Crippen molar-refractivity contribution in [2.75, 3.05) is 0 Å². The van der Waals surface area contributed by atoms with Gasteiger partial charge in [0, 0.05) is 9.90 Å². The number of halogens is 1. The van der Waals surface area contributed by atoms with Gasteiger partial charge in [-0.05, 0) is 31.0 Å². The molecule has 21 heavy (non-hydrogen) atoms. The maximum atomic E-state index is 12.0. The molecule has 6 heteroatoms. The third-order valence-corrected chi connectivity index (χ3v) is 4.34. The second kappa shape index (κ2) is 7.02. The summed E-state index contributed by atoms with van der Waals surface area (Å²) in [5, 5.41) is 14.3. The molecular formula is C15H17ClN2O2S. The highest BCUT2D eigenvalue weighted by atomic mass is 35.5. The molecule has 0 radical (unpaired) electrons. The first-order chi connectivity index (χ1) is 10.0. The third kappa shape index (κ3) is 4.03. The first kappa shape index (κ1) is 15.9. The molecule has 0 aliphatic carbocycles. The Morgan fingerprint density at radius 3 is 2.71 bits per heavy atom. The van der Waals surface area contributed by atoms with E-state index in [1.54, 1.807) is 35.6 Å². The van der Waals surface area contributed by atoms with Crippen LogP contribution in [0.4, 0.5) is 0 Å². The van der Waals surface area contributed by atoms with Crippen LogP contribution in [-0.2, 0) is 17.8 Å². The zero-order valence-electron chi connectivity index (χ0n) is 11.9. The van der Waals surface area contributed by atoms with E-state index in [4.69, 9.17) is 11.6 Å². The molecule has 0 aliphatic heterocycles. The van der Waals surface area contributed by atoms with Gasteiger partial charge in [-0.3, -0.25) is 4.79 Å². The summed E-state index contributed by atoms with van der Waals surface area (Å²) in [6.45, 7) is 4.36. The number of hydrogen-bond acceptors (Lipinski definition) is 4. The molecule has 1 atom stereocenters. The second-order valence-corrected chi connectivity index (χ2v) is 6.35. The van der Waals surface area contributed by atoms with Crippen molar-refractivity contribution in [1.29, 1.82) is 0 Å². The number of rotatable bonds is 5. The summed E-state index contributed by atoms with van der Waals surface area (Å²) in [6, 6.07) is 6.58. The summed E-state index contributed by atoms with van der Waals surface area (Å²) in [5.74, 6) is -0.426. The molecule has 1 aromatic heterocycles. The predicted molar refractivity (Wildman–Crippen MR) is 84.5 cm³/mol. The molecule has 1 heterocycles. The normalized spacial score (nSPS) is 12.2. The Morgan fingerprint density at radius 2 is 2.10 bits per heavy atom. The second-order valence-electron chi connectivity index (χ2n) is 4.63. The molecular weight excluding hydrogens is 308 g/mol. The van der Waals surface area contributed by atoms with Gasteiger partial charge in [0.15, 0.2) is 6.10 Å². The van der Waals surface area contributed by atoms with E-state index >= 15 is 0 Å². The number of thiazole rings is 1. The van der Waals surface area contributed by atoms with E-state index in [1.807, 2.05) is 13.8 Å². The van der Waals surface area contributed by atoms with Gasteiger partial charge in [-0.25, -0.2) is 4.98 Å². The van der Waals surface area contributed by atoms with E-state index in [2.05, 4.69) is 10.3 Å². The van der Waals surface area contributed by atoms with E-state index in [0.29, 0.717) is 17.1 Å². The van der Waals surface area contributed by atoms with Crippen molar-refractivity contribution in [1.82, 2.24) is 10.3 Å². The Morgan fingerprint density at radius 1 is 1.43 bits per heavy atom. The minimum Gasteiger partial charge on any atom is -0.378 e. The summed E-state index contributed by atoms with van der Waals surface area (Å²) >= 11 is 7.35.